The summed E-state index contributed by atoms with van der Waals surface area (Å²) in [6.07, 6.45) is 2.84. The molecule has 0 bridgehead atoms. The van der Waals surface area contributed by atoms with Crippen LogP contribution < -0.4 is 5.32 Å². The quantitative estimate of drug-likeness (QED) is 0.621. The van der Waals surface area contributed by atoms with Crippen molar-refractivity contribution < 1.29 is 9.90 Å². The van der Waals surface area contributed by atoms with E-state index in [1.54, 1.807) is 0 Å². The van der Waals surface area contributed by atoms with Gasteiger partial charge in [-0.15, -0.1) is 0 Å². The molecular weight excluding hydrogens is 204 g/mol. The molecule has 16 heavy (non-hydrogen) atoms. The van der Waals surface area contributed by atoms with E-state index in [1.807, 2.05) is 18.7 Å². The molecule has 0 saturated heterocycles. The first-order chi connectivity index (χ1) is 7.63. The SMILES string of the molecule is CCCC(C)NC(=O)CN(CC)CCCO. The van der Waals surface area contributed by atoms with Crippen molar-refractivity contribution in [1.82, 2.24) is 10.2 Å². The van der Waals surface area contributed by atoms with Crippen molar-refractivity contribution in [1.29, 1.82) is 0 Å². The van der Waals surface area contributed by atoms with Crippen molar-refractivity contribution in [2.24, 2.45) is 0 Å². The summed E-state index contributed by atoms with van der Waals surface area (Å²) in [7, 11) is 0. The number of nitrogens with one attached hydrogen (secondary N) is 1. The van der Waals surface area contributed by atoms with Gasteiger partial charge in [0.15, 0.2) is 0 Å². The zero-order valence-electron chi connectivity index (χ0n) is 10.8. The van der Waals surface area contributed by atoms with E-state index in [0.717, 1.165) is 32.4 Å². The molecule has 96 valence electrons. The molecule has 0 radical (unpaired) electrons. The van der Waals surface area contributed by atoms with Crippen LogP contribution in [0.1, 0.15) is 40.0 Å². The molecule has 0 heterocycles. The van der Waals surface area contributed by atoms with E-state index in [1.165, 1.54) is 0 Å². The molecule has 1 atom stereocenters. The van der Waals surface area contributed by atoms with Gasteiger partial charge in [0.25, 0.3) is 0 Å². The summed E-state index contributed by atoms with van der Waals surface area (Å²) in [6.45, 7) is 8.42. The van der Waals surface area contributed by atoms with E-state index in [0.29, 0.717) is 6.54 Å². The Bertz CT molecular complexity index is 186. The van der Waals surface area contributed by atoms with Crippen LogP contribution in [-0.2, 0) is 4.79 Å². The first-order valence-electron chi connectivity index (χ1n) is 6.26. The standard InChI is InChI=1S/C12H26N2O2/c1-4-7-11(3)13-12(16)10-14(5-2)8-6-9-15/h11,15H,4-10H2,1-3H3,(H,13,16). The summed E-state index contributed by atoms with van der Waals surface area (Å²) in [5.74, 6) is 0.0840. The Morgan fingerprint density at radius 3 is 2.62 bits per heavy atom. The van der Waals surface area contributed by atoms with E-state index in [4.69, 9.17) is 5.11 Å². The highest BCUT2D eigenvalue weighted by Crippen LogP contribution is 1.96. The molecule has 0 aromatic rings. The van der Waals surface area contributed by atoms with Crippen LogP contribution in [-0.4, -0.2) is 48.2 Å². The molecule has 0 aliphatic heterocycles. The highest BCUT2D eigenvalue weighted by Gasteiger charge is 2.10. The number of hydrogen-bond donors (Lipinski definition) is 2. The average Bonchev–Trinajstić information content (AvgIpc) is 2.24. The fourth-order valence-corrected chi connectivity index (χ4v) is 1.67. The maximum atomic E-state index is 11.6. The summed E-state index contributed by atoms with van der Waals surface area (Å²) in [5, 5.41) is 11.7. The molecule has 4 heteroatoms. The molecule has 0 spiro atoms. The Morgan fingerprint density at radius 2 is 2.12 bits per heavy atom. The van der Waals surface area contributed by atoms with Gasteiger partial charge >= 0.3 is 0 Å². The van der Waals surface area contributed by atoms with Crippen LogP contribution in [0.15, 0.2) is 0 Å². The molecule has 0 aliphatic carbocycles. The maximum absolute atomic E-state index is 11.6. The normalized spacial score (nSPS) is 12.8. The molecule has 1 amide bonds. The molecule has 0 aromatic heterocycles. The molecule has 0 aliphatic rings. The number of carbonyl (C=O) groups excluding carboxylic acids is 1. The Kier molecular flexibility index (Phi) is 9.24. The van der Waals surface area contributed by atoms with E-state index in [-0.39, 0.29) is 18.6 Å². The Balaban J connectivity index is 3.81. The Labute approximate surface area is 99.0 Å². The lowest BCUT2D eigenvalue weighted by atomic mass is 10.2. The smallest absolute Gasteiger partial charge is 0.234 e. The summed E-state index contributed by atoms with van der Waals surface area (Å²) >= 11 is 0. The van der Waals surface area contributed by atoms with Crippen molar-refractivity contribution in [3.63, 3.8) is 0 Å². The van der Waals surface area contributed by atoms with Crippen LogP contribution >= 0.6 is 0 Å². The second kappa shape index (κ2) is 9.60. The van der Waals surface area contributed by atoms with Gasteiger partial charge in [0, 0.05) is 19.2 Å². The summed E-state index contributed by atoms with van der Waals surface area (Å²) in [5.41, 5.74) is 0. The van der Waals surface area contributed by atoms with E-state index < -0.39 is 0 Å². The second-order valence-corrected chi connectivity index (χ2v) is 4.20. The van der Waals surface area contributed by atoms with Gasteiger partial charge in [0.05, 0.1) is 6.54 Å². The van der Waals surface area contributed by atoms with Crippen molar-refractivity contribution in [2.45, 2.75) is 46.1 Å². The minimum Gasteiger partial charge on any atom is -0.396 e. The van der Waals surface area contributed by atoms with E-state index in [2.05, 4.69) is 12.2 Å². The van der Waals surface area contributed by atoms with Crippen molar-refractivity contribution in [3.8, 4) is 0 Å². The lowest BCUT2D eigenvalue weighted by Crippen LogP contribution is -2.41. The van der Waals surface area contributed by atoms with Gasteiger partial charge in [0.2, 0.25) is 5.91 Å². The third kappa shape index (κ3) is 7.65. The lowest BCUT2D eigenvalue weighted by molar-refractivity contribution is -0.122. The minimum atomic E-state index is 0.0840. The van der Waals surface area contributed by atoms with Gasteiger partial charge in [-0.2, -0.15) is 0 Å². The van der Waals surface area contributed by atoms with Gasteiger partial charge in [-0.3, -0.25) is 9.69 Å². The van der Waals surface area contributed by atoms with Gasteiger partial charge in [-0.1, -0.05) is 20.3 Å². The topological polar surface area (TPSA) is 52.6 Å². The fourth-order valence-electron chi connectivity index (χ4n) is 1.67. The lowest BCUT2D eigenvalue weighted by Gasteiger charge is -2.21. The van der Waals surface area contributed by atoms with Crippen LogP contribution in [0.25, 0.3) is 0 Å². The van der Waals surface area contributed by atoms with E-state index >= 15 is 0 Å². The number of likely N-dealkylation sites (N-methyl/N-ethyl adjacent to an activating group) is 1. The fraction of sp³-hybridized carbons (Fsp3) is 0.917. The monoisotopic (exact) mass is 230 g/mol. The molecule has 1 unspecified atom stereocenters. The highest BCUT2D eigenvalue weighted by atomic mass is 16.3. The minimum absolute atomic E-state index is 0.0840. The number of aliphatic hydroxyl groups excluding tert-OH is 1. The Hall–Kier alpha value is -0.610. The van der Waals surface area contributed by atoms with Crippen molar-refractivity contribution in [2.75, 3.05) is 26.2 Å². The number of aliphatic hydroxyl groups is 1. The molecule has 4 nitrogen and oxygen atoms in total. The average molecular weight is 230 g/mol. The molecule has 0 saturated carbocycles. The van der Waals surface area contributed by atoms with Crippen LogP contribution in [0.3, 0.4) is 0 Å². The first kappa shape index (κ1) is 15.4. The van der Waals surface area contributed by atoms with E-state index in [9.17, 15) is 4.79 Å². The molecular formula is C12H26N2O2. The number of nitrogens with zero attached hydrogens (tertiary/aromatic N) is 1. The van der Waals surface area contributed by atoms with Gasteiger partial charge in [-0.25, -0.2) is 0 Å². The van der Waals surface area contributed by atoms with Crippen molar-refractivity contribution in [3.05, 3.63) is 0 Å². The number of hydrogen-bond acceptors (Lipinski definition) is 3. The predicted octanol–water partition coefficient (Wildman–Crippen LogP) is 0.995. The Morgan fingerprint density at radius 1 is 1.44 bits per heavy atom. The van der Waals surface area contributed by atoms with Gasteiger partial charge in [0.1, 0.15) is 0 Å². The number of amides is 1. The molecule has 0 fully saturated rings. The molecule has 0 aromatic carbocycles. The maximum Gasteiger partial charge on any atom is 0.234 e. The van der Waals surface area contributed by atoms with Crippen molar-refractivity contribution >= 4 is 5.91 Å². The van der Waals surface area contributed by atoms with Gasteiger partial charge in [-0.05, 0) is 26.3 Å². The first-order valence-corrected chi connectivity index (χ1v) is 6.26. The third-order valence-corrected chi connectivity index (χ3v) is 2.58. The van der Waals surface area contributed by atoms with Crippen LogP contribution in [0, 0.1) is 0 Å². The molecule has 2 N–H and O–H groups in total. The highest BCUT2D eigenvalue weighted by molar-refractivity contribution is 5.78. The summed E-state index contributed by atoms with van der Waals surface area (Å²) in [4.78, 5) is 13.7. The van der Waals surface area contributed by atoms with Crippen LogP contribution in [0.2, 0.25) is 0 Å². The summed E-state index contributed by atoms with van der Waals surface area (Å²) in [6, 6.07) is 0.258. The third-order valence-electron chi connectivity index (χ3n) is 2.58. The second-order valence-electron chi connectivity index (χ2n) is 4.20. The zero-order chi connectivity index (χ0) is 12.4. The van der Waals surface area contributed by atoms with Crippen LogP contribution in [0.5, 0.6) is 0 Å². The zero-order valence-corrected chi connectivity index (χ0v) is 10.8. The van der Waals surface area contributed by atoms with Gasteiger partial charge < -0.3 is 10.4 Å². The predicted molar refractivity (Wildman–Crippen MR) is 66.3 cm³/mol. The largest absolute Gasteiger partial charge is 0.396 e. The molecule has 0 rings (SSSR count). The summed E-state index contributed by atoms with van der Waals surface area (Å²) < 4.78 is 0. The number of rotatable bonds is 9. The van der Waals surface area contributed by atoms with Crippen LogP contribution in [0.4, 0.5) is 0 Å². The number of carbonyl (C=O) groups is 1.